The van der Waals surface area contributed by atoms with Gasteiger partial charge in [-0.15, -0.1) is 0 Å². The van der Waals surface area contributed by atoms with Gasteiger partial charge < -0.3 is 20.1 Å². The molecular formula is C18H22N4O3. The maximum Gasteiger partial charge on any atom is 0.315 e. The molecule has 0 atom stereocenters. The summed E-state index contributed by atoms with van der Waals surface area (Å²) in [6, 6.07) is 9.48. The van der Waals surface area contributed by atoms with Gasteiger partial charge in [0.05, 0.1) is 6.54 Å². The van der Waals surface area contributed by atoms with Crippen molar-refractivity contribution in [2.75, 3.05) is 18.0 Å². The zero-order valence-corrected chi connectivity index (χ0v) is 14.2. The summed E-state index contributed by atoms with van der Waals surface area (Å²) in [6.07, 6.45) is 1.93. The minimum absolute atomic E-state index is 0.102. The lowest BCUT2D eigenvalue weighted by Crippen LogP contribution is -2.36. The van der Waals surface area contributed by atoms with Crippen LogP contribution in [0.3, 0.4) is 0 Å². The van der Waals surface area contributed by atoms with Gasteiger partial charge in [-0.25, -0.2) is 4.79 Å². The number of carbonyl (C=O) groups excluding carboxylic acids is 2. The summed E-state index contributed by atoms with van der Waals surface area (Å²) in [5.41, 5.74) is 2.91. The van der Waals surface area contributed by atoms with Crippen LogP contribution in [0.2, 0.25) is 0 Å². The summed E-state index contributed by atoms with van der Waals surface area (Å²) < 4.78 is 4.93. The second-order valence-electron chi connectivity index (χ2n) is 6.07. The van der Waals surface area contributed by atoms with Gasteiger partial charge in [-0.2, -0.15) is 0 Å². The summed E-state index contributed by atoms with van der Waals surface area (Å²) in [4.78, 5) is 25.9. The highest BCUT2D eigenvalue weighted by Crippen LogP contribution is 2.27. The average molecular weight is 342 g/mol. The Kier molecular flexibility index (Phi) is 5.33. The predicted octanol–water partition coefficient (Wildman–Crippen LogP) is 2.15. The molecule has 1 aromatic heterocycles. The number of carbonyl (C=O) groups is 2. The standard InChI is InChI=1S/C18H22N4O3/c1-13-11-15(21-25-13)12-20-18(24)19-9-4-7-17(23)22-10-8-14-5-2-3-6-16(14)22/h2-3,5-6,11H,4,7-10,12H2,1H3,(H2,19,20,24). The van der Waals surface area contributed by atoms with Crippen molar-refractivity contribution in [2.45, 2.75) is 32.7 Å². The first kappa shape index (κ1) is 17.0. The molecule has 0 fully saturated rings. The van der Waals surface area contributed by atoms with Crippen molar-refractivity contribution in [3.8, 4) is 0 Å². The number of para-hydroxylation sites is 1. The topological polar surface area (TPSA) is 87.5 Å². The lowest BCUT2D eigenvalue weighted by molar-refractivity contribution is -0.118. The van der Waals surface area contributed by atoms with Gasteiger partial charge in [0.15, 0.2) is 0 Å². The lowest BCUT2D eigenvalue weighted by Gasteiger charge is -2.17. The Balaban J connectivity index is 1.34. The molecule has 7 heteroatoms. The number of benzene rings is 1. The number of nitrogens with one attached hydrogen (secondary N) is 2. The summed E-state index contributed by atoms with van der Waals surface area (Å²) in [7, 11) is 0. The van der Waals surface area contributed by atoms with Crippen molar-refractivity contribution < 1.29 is 14.1 Å². The van der Waals surface area contributed by atoms with Crippen LogP contribution in [0, 0.1) is 6.92 Å². The number of aromatic nitrogens is 1. The molecule has 0 spiro atoms. The van der Waals surface area contributed by atoms with Crippen molar-refractivity contribution >= 4 is 17.6 Å². The van der Waals surface area contributed by atoms with E-state index in [1.165, 1.54) is 5.56 Å². The normalized spacial score (nSPS) is 12.8. The monoisotopic (exact) mass is 342 g/mol. The highest BCUT2D eigenvalue weighted by molar-refractivity contribution is 5.95. The maximum absolute atomic E-state index is 12.3. The van der Waals surface area contributed by atoms with Gasteiger partial charge in [-0.3, -0.25) is 4.79 Å². The van der Waals surface area contributed by atoms with Gasteiger partial charge in [-0.05, 0) is 31.4 Å². The van der Waals surface area contributed by atoms with Gasteiger partial charge in [0, 0.05) is 31.3 Å². The minimum atomic E-state index is -0.278. The second kappa shape index (κ2) is 7.83. The van der Waals surface area contributed by atoms with Crippen LogP contribution in [0.25, 0.3) is 0 Å². The van der Waals surface area contributed by atoms with E-state index in [0.717, 1.165) is 18.7 Å². The number of hydrogen-bond donors (Lipinski definition) is 2. The minimum Gasteiger partial charge on any atom is -0.361 e. The van der Waals surface area contributed by atoms with Crippen molar-refractivity contribution in [3.05, 3.63) is 47.3 Å². The SMILES string of the molecule is Cc1cc(CNC(=O)NCCCC(=O)N2CCc3ccccc32)no1. The second-order valence-corrected chi connectivity index (χ2v) is 6.07. The van der Waals surface area contributed by atoms with Crippen molar-refractivity contribution in [3.63, 3.8) is 0 Å². The molecule has 7 nitrogen and oxygen atoms in total. The van der Waals surface area contributed by atoms with Gasteiger partial charge in [0.1, 0.15) is 11.5 Å². The molecule has 1 aromatic carbocycles. The molecule has 0 unspecified atom stereocenters. The zero-order chi connectivity index (χ0) is 17.6. The Morgan fingerprint density at radius 2 is 2.12 bits per heavy atom. The Bertz CT molecular complexity index is 756. The number of fused-ring (bicyclic) bond motifs is 1. The van der Waals surface area contributed by atoms with Gasteiger partial charge in [0.25, 0.3) is 0 Å². The Hall–Kier alpha value is -2.83. The fourth-order valence-corrected chi connectivity index (χ4v) is 2.91. The third kappa shape index (κ3) is 4.37. The Morgan fingerprint density at radius 3 is 2.92 bits per heavy atom. The number of rotatable bonds is 6. The molecule has 132 valence electrons. The average Bonchev–Trinajstić information content (AvgIpc) is 3.23. The largest absolute Gasteiger partial charge is 0.361 e. The summed E-state index contributed by atoms with van der Waals surface area (Å²) in [5, 5.41) is 9.25. The molecule has 25 heavy (non-hydrogen) atoms. The van der Waals surface area contributed by atoms with Crippen LogP contribution in [0.15, 0.2) is 34.9 Å². The number of amides is 3. The zero-order valence-electron chi connectivity index (χ0n) is 14.2. The summed E-state index contributed by atoms with van der Waals surface area (Å²) >= 11 is 0. The van der Waals surface area contributed by atoms with Crippen LogP contribution < -0.4 is 15.5 Å². The fraction of sp³-hybridized carbons (Fsp3) is 0.389. The van der Waals surface area contributed by atoms with E-state index in [0.29, 0.717) is 37.4 Å². The quantitative estimate of drug-likeness (QED) is 0.788. The number of aryl methyl sites for hydroxylation is 1. The van der Waals surface area contributed by atoms with Crippen LogP contribution >= 0.6 is 0 Å². The van der Waals surface area contributed by atoms with Crippen molar-refractivity contribution in [2.24, 2.45) is 0 Å². The van der Waals surface area contributed by atoms with E-state index in [1.807, 2.05) is 23.1 Å². The van der Waals surface area contributed by atoms with E-state index in [9.17, 15) is 9.59 Å². The molecule has 0 saturated heterocycles. The van der Waals surface area contributed by atoms with Gasteiger partial charge >= 0.3 is 6.03 Å². The summed E-state index contributed by atoms with van der Waals surface area (Å²) in [5.74, 6) is 0.810. The highest BCUT2D eigenvalue weighted by Gasteiger charge is 2.23. The van der Waals surface area contributed by atoms with Crippen LogP contribution in [0.5, 0.6) is 0 Å². The van der Waals surface area contributed by atoms with E-state index in [-0.39, 0.29) is 11.9 Å². The molecule has 2 N–H and O–H groups in total. The van der Waals surface area contributed by atoms with Gasteiger partial charge in [0.2, 0.25) is 5.91 Å². The smallest absolute Gasteiger partial charge is 0.315 e. The molecule has 0 bridgehead atoms. The van der Waals surface area contributed by atoms with Crippen LogP contribution in [0.4, 0.5) is 10.5 Å². The molecule has 2 heterocycles. The van der Waals surface area contributed by atoms with Crippen molar-refractivity contribution in [1.82, 2.24) is 15.8 Å². The van der Waals surface area contributed by atoms with Crippen LogP contribution in [0.1, 0.15) is 29.9 Å². The summed E-state index contributed by atoms with van der Waals surface area (Å²) in [6.45, 7) is 3.30. The number of hydrogen-bond acceptors (Lipinski definition) is 4. The maximum atomic E-state index is 12.3. The Morgan fingerprint density at radius 1 is 1.28 bits per heavy atom. The molecule has 0 radical (unpaired) electrons. The predicted molar refractivity (Wildman–Crippen MR) is 93.2 cm³/mol. The van der Waals surface area contributed by atoms with Crippen molar-refractivity contribution in [1.29, 1.82) is 0 Å². The molecule has 0 aliphatic carbocycles. The first-order valence-corrected chi connectivity index (χ1v) is 8.45. The fourth-order valence-electron chi connectivity index (χ4n) is 2.91. The highest BCUT2D eigenvalue weighted by atomic mass is 16.5. The first-order valence-electron chi connectivity index (χ1n) is 8.45. The van der Waals surface area contributed by atoms with E-state index in [4.69, 9.17) is 4.52 Å². The third-order valence-electron chi connectivity index (χ3n) is 4.15. The molecular weight excluding hydrogens is 320 g/mol. The molecule has 1 aliphatic rings. The molecule has 3 rings (SSSR count). The number of anilines is 1. The van der Waals surface area contributed by atoms with E-state index in [1.54, 1.807) is 13.0 Å². The van der Waals surface area contributed by atoms with E-state index >= 15 is 0 Å². The molecule has 0 saturated carbocycles. The van der Waals surface area contributed by atoms with Gasteiger partial charge in [-0.1, -0.05) is 23.4 Å². The van der Waals surface area contributed by atoms with Crippen LogP contribution in [-0.2, 0) is 17.8 Å². The molecule has 2 aromatic rings. The molecule has 1 aliphatic heterocycles. The number of urea groups is 1. The van der Waals surface area contributed by atoms with Crippen LogP contribution in [-0.4, -0.2) is 30.2 Å². The molecule has 3 amide bonds. The number of nitrogens with zero attached hydrogens (tertiary/aromatic N) is 2. The third-order valence-corrected chi connectivity index (χ3v) is 4.15. The van der Waals surface area contributed by atoms with E-state index < -0.39 is 0 Å². The van der Waals surface area contributed by atoms with E-state index in [2.05, 4.69) is 21.9 Å². The lowest BCUT2D eigenvalue weighted by atomic mass is 10.2. The Labute approximate surface area is 146 Å². The first-order chi connectivity index (χ1) is 12.1.